The molecule has 0 bridgehead atoms. The van der Waals surface area contributed by atoms with Crippen LogP contribution in [0.4, 0.5) is 0 Å². The van der Waals surface area contributed by atoms with Gasteiger partial charge in [-0.05, 0) is 31.0 Å². The first-order chi connectivity index (χ1) is 6.50. The van der Waals surface area contributed by atoms with Crippen LogP contribution in [-0.4, -0.2) is 11.0 Å². The predicted octanol–water partition coefficient (Wildman–Crippen LogP) is 1.65. The minimum atomic E-state index is -0.0932. The molecule has 1 amide bonds. The highest BCUT2D eigenvalue weighted by atomic mass is 16.3. The standard InChI is InChI=1S/C11H15NO2/c1-7-4-8(2)10(11(14)5-7)6-12-9(3)13/h4-5,14H,6H2,1-3H3,(H,12,13). The second kappa shape index (κ2) is 4.13. The molecule has 3 nitrogen and oxygen atoms in total. The van der Waals surface area contributed by atoms with Crippen molar-refractivity contribution >= 4 is 5.91 Å². The van der Waals surface area contributed by atoms with Gasteiger partial charge in [0.25, 0.3) is 0 Å². The topological polar surface area (TPSA) is 49.3 Å². The predicted molar refractivity (Wildman–Crippen MR) is 55.1 cm³/mol. The van der Waals surface area contributed by atoms with E-state index in [1.807, 2.05) is 19.9 Å². The van der Waals surface area contributed by atoms with E-state index in [2.05, 4.69) is 5.32 Å². The molecule has 14 heavy (non-hydrogen) atoms. The number of hydrogen-bond donors (Lipinski definition) is 2. The van der Waals surface area contributed by atoms with E-state index in [9.17, 15) is 9.90 Å². The van der Waals surface area contributed by atoms with E-state index in [0.29, 0.717) is 6.54 Å². The number of aryl methyl sites for hydroxylation is 2. The van der Waals surface area contributed by atoms with Crippen LogP contribution >= 0.6 is 0 Å². The summed E-state index contributed by atoms with van der Waals surface area (Å²) in [5.74, 6) is 0.153. The second-order valence-electron chi connectivity index (χ2n) is 3.49. The molecular weight excluding hydrogens is 178 g/mol. The number of carbonyl (C=O) groups is 1. The third-order valence-corrected chi connectivity index (χ3v) is 2.11. The lowest BCUT2D eigenvalue weighted by Gasteiger charge is -2.09. The van der Waals surface area contributed by atoms with Crippen molar-refractivity contribution in [2.24, 2.45) is 0 Å². The minimum absolute atomic E-state index is 0.0932. The first-order valence-electron chi connectivity index (χ1n) is 4.54. The summed E-state index contributed by atoms with van der Waals surface area (Å²) in [6.07, 6.45) is 0. The largest absolute Gasteiger partial charge is 0.508 e. The Morgan fingerprint density at radius 1 is 1.43 bits per heavy atom. The number of amides is 1. The fraction of sp³-hybridized carbons (Fsp3) is 0.364. The SMILES string of the molecule is CC(=O)NCc1c(C)cc(C)cc1O. The van der Waals surface area contributed by atoms with Crippen molar-refractivity contribution in [2.45, 2.75) is 27.3 Å². The van der Waals surface area contributed by atoms with Crippen LogP contribution in [0.3, 0.4) is 0 Å². The number of nitrogens with one attached hydrogen (secondary N) is 1. The summed E-state index contributed by atoms with van der Waals surface area (Å²) in [7, 11) is 0. The third kappa shape index (κ3) is 2.49. The number of aromatic hydroxyl groups is 1. The van der Waals surface area contributed by atoms with Gasteiger partial charge in [0, 0.05) is 19.0 Å². The Morgan fingerprint density at radius 2 is 2.07 bits per heavy atom. The molecule has 0 heterocycles. The van der Waals surface area contributed by atoms with E-state index in [-0.39, 0.29) is 11.7 Å². The zero-order valence-electron chi connectivity index (χ0n) is 8.72. The van der Waals surface area contributed by atoms with E-state index in [0.717, 1.165) is 16.7 Å². The van der Waals surface area contributed by atoms with Crippen molar-refractivity contribution in [2.75, 3.05) is 0 Å². The van der Waals surface area contributed by atoms with Crippen LogP contribution in [0.5, 0.6) is 5.75 Å². The lowest BCUT2D eigenvalue weighted by Crippen LogP contribution is -2.19. The highest BCUT2D eigenvalue weighted by molar-refractivity contribution is 5.73. The summed E-state index contributed by atoms with van der Waals surface area (Å²) in [6.45, 7) is 5.69. The molecule has 1 aromatic rings. The Kier molecular flexibility index (Phi) is 3.12. The van der Waals surface area contributed by atoms with Gasteiger partial charge < -0.3 is 10.4 Å². The maximum Gasteiger partial charge on any atom is 0.217 e. The molecule has 0 saturated carbocycles. The molecule has 0 aromatic heterocycles. The maximum absolute atomic E-state index is 10.7. The zero-order valence-corrected chi connectivity index (χ0v) is 8.72. The molecule has 76 valence electrons. The molecule has 0 spiro atoms. The number of benzene rings is 1. The summed E-state index contributed by atoms with van der Waals surface area (Å²) in [6, 6.07) is 3.68. The molecule has 0 aliphatic rings. The van der Waals surface area contributed by atoms with Gasteiger partial charge in [-0.3, -0.25) is 4.79 Å². The summed E-state index contributed by atoms with van der Waals surface area (Å²) >= 11 is 0. The van der Waals surface area contributed by atoms with Crippen LogP contribution in [0.1, 0.15) is 23.6 Å². The molecular formula is C11H15NO2. The van der Waals surface area contributed by atoms with E-state index < -0.39 is 0 Å². The maximum atomic E-state index is 10.7. The quantitative estimate of drug-likeness (QED) is 0.750. The lowest BCUT2D eigenvalue weighted by molar-refractivity contribution is -0.119. The van der Waals surface area contributed by atoms with Crippen molar-refractivity contribution < 1.29 is 9.90 Å². The van der Waals surface area contributed by atoms with Gasteiger partial charge in [0.2, 0.25) is 5.91 Å². The van der Waals surface area contributed by atoms with Gasteiger partial charge in [0.15, 0.2) is 0 Å². The molecule has 0 fully saturated rings. The fourth-order valence-electron chi connectivity index (χ4n) is 1.42. The summed E-state index contributed by atoms with van der Waals surface area (Å²) in [5.41, 5.74) is 2.80. The van der Waals surface area contributed by atoms with E-state index >= 15 is 0 Å². The molecule has 1 rings (SSSR count). The average molecular weight is 193 g/mol. The molecule has 1 aromatic carbocycles. The van der Waals surface area contributed by atoms with Gasteiger partial charge in [-0.1, -0.05) is 6.07 Å². The van der Waals surface area contributed by atoms with Crippen molar-refractivity contribution in [3.8, 4) is 5.75 Å². The number of phenolic OH excluding ortho intramolecular Hbond substituents is 1. The van der Waals surface area contributed by atoms with Crippen molar-refractivity contribution in [3.05, 3.63) is 28.8 Å². The Bertz CT molecular complexity index is 335. The normalized spacial score (nSPS) is 9.93. The molecule has 0 radical (unpaired) electrons. The average Bonchev–Trinajstić information content (AvgIpc) is 2.01. The summed E-state index contributed by atoms with van der Waals surface area (Å²) < 4.78 is 0. The number of hydrogen-bond acceptors (Lipinski definition) is 2. The van der Waals surface area contributed by atoms with Crippen LogP contribution in [0.25, 0.3) is 0 Å². The highest BCUT2D eigenvalue weighted by Gasteiger charge is 2.05. The molecule has 2 N–H and O–H groups in total. The van der Waals surface area contributed by atoms with Crippen LogP contribution in [0.2, 0.25) is 0 Å². The van der Waals surface area contributed by atoms with Crippen molar-refractivity contribution in [1.82, 2.24) is 5.32 Å². The molecule has 0 atom stereocenters. The molecule has 0 unspecified atom stereocenters. The first-order valence-corrected chi connectivity index (χ1v) is 4.54. The van der Waals surface area contributed by atoms with Crippen LogP contribution < -0.4 is 5.32 Å². The van der Waals surface area contributed by atoms with Crippen molar-refractivity contribution in [3.63, 3.8) is 0 Å². The van der Waals surface area contributed by atoms with E-state index in [1.54, 1.807) is 6.07 Å². The molecule has 0 aliphatic heterocycles. The number of phenols is 1. The van der Waals surface area contributed by atoms with Gasteiger partial charge >= 0.3 is 0 Å². The smallest absolute Gasteiger partial charge is 0.217 e. The van der Waals surface area contributed by atoms with Crippen molar-refractivity contribution in [1.29, 1.82) is 0 Å². The monoisotopic (exact) mass is 193 g/mol. The highest BCUT2D eigenvalue weighted by Crippen LogP contribution is 2.22. The van der Waals surface area contributed by atoms with Gasteiger partial charge in [-0.15, -0.1) is 0 Å². The first kappa shape index (κ1) is 10.6. The molecule has 0 aliphatic carbocycles. The molecule has 3 heteroatoms. The Hall–Kier alpha value is -1.51. The summed E-state index contributed by atoms with van der Waals surface area (Å²) in [5, 5.41) is 12.3. The second-order valence-corrected chi connectivity index (χ2v) is 3.49. The van der Waals surface area contributed by atoms with Gasteiger partial charge in [-0.25, -0.2) is 0 Å². The molecule has 0 saturated heterocycles. The van der Waals surface area contributed by atoms with Gasteiger partial charge in [0.05, 0.1) is 0 Å². The van der Waals surface area contributed by atoms with Gasteiger partial charge in [0.1, 0.15) is 5.75 Å². The number of rotatable bonds is 2. The van der Waals surface area contributed by atoms with Gasteiger partial charge in [-0.2, -0.15) is 0 Å². The Morgan fingerprint density at radius 3 is 2.57 bits per heavy atom. The Balaban J connectivity index is 2.91. The number of carbonyl (C=O) groups excluding carboxylic acids is 1. The zero-order chi connectivity index (χ0) is 10.7. The van der Waals surface area contributed by atoms with E-state index in [4.69, 9.17) is 0 Å². The van der Waals surface area contributed by atoms with E-state index in [1.165, 1.54) is 6.92 Å². The van der Waals surface area contributed by atoms with Crippen LogP contribution in [0, 0.1) is 13.8 Å². The summed E-state index contributed by atoms with van der Waals surface area (Å²) in [4.78, 5) is 10.7. The third-order valence-electron chi connectivity index (χ3n) is 2.11. The lowest BCUT2D eigenvalue weighted by atomic mass is 10.0. The fourth-order valence-corrected chi connectivity index (χ4v) is 1.42. The Labute approximate surface area is 83.8 Å². The van der Waals surface area contributed by atoms with Crippen LogP contribution in [0.15, 0.2) is 12.1 Å². The minimum Gasteiger partial charge on any atom is -0.508 e. The van der Waals surface area contributed by atoms with Crippen LogP contribution in [-0.2, 0) is 11.3 Å².